The monoisotopic (exact) mass is 283 g/mol. The molecule has 0 N–H and O–H groups in total. The van der Waals surface area contributed by atoms with Crippen LogP contribution in [-0.2, 0) is 18.2 Å². The van der Waals surface area contributed by atoms with Gasteiger partial charge in [-0.2, -0.15) is 0 Å². The molecular formula is F4NaW. The Morgan fingerprint density at radius 2 is 0.833 bits per heavy atom. The van der Waals surface area contributed by atoms with Crippen LogP contribution < -0.4 is 0 Å². The van der Waals surface area contributed by atoms with Crippen LogP contribution in [0.4, 0.5) is 12.6 Å². The minimum absolute atomic E-state index is 0. The molecule has 0 fully saturated rings. The van der Waals surface area contributed by atoms with E-state index in [9.17, 15) is 12.6 Å². The zero-order valence-corrected chi connectivity index (χ0v) is 7.85. The Balaban J connectivity index is 0. The first kappa shape index (κ1) is 10.4. The van der Waals surface area contributed by atoms with E-state index in [0.29, 0.717) is 0 Å². The van der Waals surface area contributed by atoms with E-state index >= 15 is 0 Å². The summed E-state index contributed by atoms with van der Waals surface area (Å²) in [5, 5.41) is 0. The van der Waals surface area contributed by atoms with Gasteiger partial charge in [-0.1, -0.05) is 0 Å². The van der Waals surface area contributed by atoms with E-state index in [4.69, 9.17) is 0 Å². The van der Waals surface area contributed by atoms with Crippen LogP contribution in [0.1, 0.15) is 0 Å². The summed E-state index contributed by atoms with van der Waals surface area (Å²) in [6.45, 7) is 0. The van der Waals surface area contributed by atoms with Crippen molar-refractivity contribution in [3.63, 3.8) is 0 Å². The van der Waals surface area contributed by atoms with Gasteiger partial charge in [-0.05, 0) is 0 Å². The number of halogens is 4. The molecule has 1 radical (unpaired) electrons. The first-order chi connectivity index (χ1) is 2.00. The summed E-state index contributed by atoms with van der Waals surface area (Å²) in [6, 6.07) is 0. The maximum atomic E-state index is 9.90. The Morgan fingerprint density at radius 3 is 0.833 bits per heavy atom. The standard InChI is InChI=1S/4FH.Na.W/h4*1H;;/q;;;;;+4/p-4. The summed E-state index contributed by atoms with van der Waals surface area (Å²) in [7, 11) is 0. The fourth-order valence-corrected chi connectivity index (χ4v) is 0. The van der Waals surface area contributed by atoms with Gasteiger partial charge in [0, 0.05) is 29.6 Å². The van der Waals surface area contributed by atoms with Crippen molar-refractivity contribution >= 4 is 29.6 Å². The summed E-state index contributed by atoms with van der Waals surface area (Å²) in [4.78, 5) is 0. The Hall–Kier alpha value is 1.41. The van der Waals surface area contributed by atoms with E-state index in [1.165, 1.54) is 0 Å². The molecule has 0 bridgehead atoms. The van der Waals surface area contributed by atoms with Gasteiger partial charge in [0.2, 0.25) is 0 Å². The van der Waals surface area contributed by atoms with E-state index in [1.807, 2.05) is 0 Å². The fraction of sp³-hybridized carbons (Fsp3) is 0. The molecule has 0 spiro atoms. The second kappa shape index (κ2) is 3.42. The second-order valence-electron chi connectivity index (χ2n) is 0.350. The summed E-state index contributed by atoms with van der Waals surface area (Å²) in [5.41, 5.74) is 0. The van der Waals surface area contributed by atoms with Crippen LogP contribution in [-0.4, -0.2) is 29.6 Å². The van der Waals surface area contributed by atoms with Crippen LogP contribution in [0, 0.1) is 0 Å². The average Bonchev–Trinajstić information content (AvgIpc) is 0.722. The minimum Gasteiger partial charge on any atom is 0 e. The molecule has 6 heavy (non-hydrogen) atoms. The van der Waals surface area contributed by atoms with Gasteiger partial charge in [0.25, 0.3) is 0 Å². The summed E-state index contributed by atoms with van der Waals surface area (Å²) in [6.07, 6.45) is 0. The van der Waals surface area contributed by atoms with Crippen LogP contribution in [0.25, 0.3) is 0 Å². The first-order valence-electron chi connectivity index (χ1n) is 0.617. The third-order valence-corrected chi connectivity index (χ3v) is 0. The maximum absolute atomic E-state index is 9.90. The maximum Gasteiger partial charge on any atom is 0 e. The molecule has 0 aliphatic heterocycles. The molecule has 35 valence electrons. The van der Waals surface area contributed by atoms with Crippen molar-refractivity contribution < 1.29 is 30.8 Å². The van der Waals surface area contributed by atoms with Crippen LogP contribution in [0.5, 0.6) is 0 Å². The number of hydrogen-bond donors (Lipinski definition) is 0. The zero-order valence-electron chi connectivity index (χ0n) is 2.92. The van der Waals surface area contributed by atoms with E-state index in [2.05, 4.69) is 0 Å². The Bertz CT molecular complexity index is 23.0. The molecule has 0 aliphatic carbocycles. The van der Waals surface area contributed by atoms with Crippen molar-refractivity contribution in [2.45, 2.75) is 0 Å². The van der Waals surface area contributed by atoms with Crippen molar-refractivity contribution in [1.29, 1.82) is 0 Å². The van der Waals surface area contributed by atoms with Crippen molar-refractivity contribution in [3.05, 3.63) is 0 Å². The largest absolute Gasteiger partial charge is 0 e. The molecule has 6 heteroatoms. The molecule has 0 aliphatic rings. The molecule has 0 aromatic heterocycles. The van der Waals surface area contributed by atoms with Crippen molar-refractivity contribution in [2.75, 3.05) is 0 Å². The van der Waals surface area contributed by atoms with E-state index in [1.54, 1.807) is 0 Å². The van der Waals surface area contributed by atoms with Gasteiger partial charge in [-0.25, -0.2) is 0 Å². The molecule has 0 aromatic rings. The summed E-state index contributed by atoms with van der Waals surface area (Å²) in [5.74, 6) is 0. The molecule has 0 amide bonds. The zero-order chi connectivity index (χ0) is 4.50. The molecule has 0 nitrogen and oxygen atoms in total. The van der Waals surface area contributed by atoms with Gasteiger partial charge >= 0.3 is 30.8 Å². The molecule has 0 rings (SSSR count). The molecule has 0 saturated heterocycles. The Morgan fingerprint density at radius 1 is 0.833 bits per heavy atom. The molecule has 0 aromatic carbocycles. The van der Waals surface area contributed by atoms with E-state index in [0.717, 1.165) is 0 Å². The quantitative estimate of drug-likeness (QED) is 0.464. The van der Waals surface area contributed by atoms with Crippen LogP contribution >= 0.6 is 0 Å². The molecule has 0 atom stereocenters. The van der Waals surface area contributed by atoms with Gasteiger partial charge in [0.15, 0.2) is 0 Å². The third-order valence-electron chi connectivity index (χ3n) is 0. The predicted octanol–water partition coefficient (Wildman–Crippen LogP) is 1.30. The Labute approximate surface area is 60.0 Å². The van der Waals surface area contributed by atoms with Crippen LogP contribution in [0.2, 0.25) is 0 Å². The molecular weight excluding hydrogens is 283 g/mol. The Kier molecular flexibility index (Phi) is 5.92. The van der Waals surface area contributed by atoms with Crippen molar-refractivity contribution in [1.82, 2.24) is 0 Å². The van der Waals surface area contributed by atoms with Crippen molar-refractivity contribution in [2.24, 2.45) is 0 Å². The second-order valence-corrected chi connectivity index (χ2v) is 2.86. The molecule has 0 unspecified atom stereocenters. The topological polar surface area (TPSA) is 0 Å². The van der Waals surface area contributed by atoms with E-state index in [-0.39, 0.29) is 29.6 Å². The van der Waals surface area contributed by atoms with Gasteiger partial charge in [0.05, 0.1) is 0 Å². The first-order valence-corrected chi connectivity index (χ1v) is 5.05. The summed E-state index contributed by atoms with van der Waals surface area (Å²) >= 11 is -7.17. The normalized spacial score (nSPS) is 12.7. The smallest absolute Gasteiger partial charge is 0 e. The molecule has 0 heterocycles. The summed E-state index contributed by atoms with van der Waals surface area (Å²) < 4.78 is 39.6. The predicted molar refractivity (Wildman–Crippen MR) is 10.2 cm³/mol. The van der Waals surface area contributed by atoms with Crippen molar-refractivity contribution in [3.8, 4) is 0 Å². The third kappa shape index (κ3) is 53.0. The van der Waals surface area contributed by atoms with Gasteiger partial charge in [-0.15, -0.1) is 0 Å². The van der Waals surface area contributed by atoms with E-state index < -0.39 is 18.2 Å². The van der Waals surface area contributed by atoms with Gasteiger partial charge in [-0.3, -0.25) is 0 Å². The SMILES string of the molecule is [F][W]([F])([F])[F].[Na]. The number of rotatable bonds is 0. The molecule has 0 saturated carbocycles. The van der Waals surface area contributed by atoms with Gasteiger partial charge < -0.3 is 0 Å². The minimum atomic E-state index is -7.17. The average molecular weight is 283 g/mol. The van der Waals surface area contributed by atoms with Crippen LogP contribution in [0.3, 0.4) is 0 Å². The fourth-order valence-electron chi connectivity index (χ4n) is 0. The van der Waals surface area contributed by atoms with Gasteiger partial charge in [0.1, 0.15) is 0 Å². The number of hydrogen-bond acceptors (Lipinski definition) is 0. The van der Waals surface area contributed by atoms with Crippen LogP contribution in [0.15, 0.2) is 0 Å².